The molecule has 40 heavy (non-hydrogen) atoms. The van der Waals surface area contributed by atoms with Crippen LogP contribution in [0.1, 0.15) is 95.9 Å². The molecule has 1 saturated carbocycles. The van der Waals surface area contributed by atoms with E-state index in [0.29, 0.717) is 0 Å². The fourth-order valence-electron chi connectivity index (χ4n) is 4.96. The van der Waals surface area contributed by atoms with E-state index in [-0.39, 0.29) is 35.6 Å². The largest absolute Gasteiger partial charge is 0.201 e. The van der Waals surface area contributed by atoms with Gasteiger partial charge in [-0.15, -0.1) is 29.3 Å². The van der Waals surface area contributed by atoms with Crippen LogP contribution < -0.4 is 24.8 Å². The SMILES string of the molecule is CC(C)(C)c1c[c-]c2c(c1)-c1cc(C(C)(C)C)ccc1C2.[Cl-].[Cl-].[Zr+2]=[C]1CCCCC1.c1cc[c-](-c2ccsc2)c1. The summed E-state index contributed by atoms with van der Waals surface area (Å²) >= 11 is 3.43. The first-order valence-electron chi connectivity index (χ1n) is 14.0. The number of hydrogen-bond donors (Lipinski definition) is 0. The zero-order chi connectivity index (χ0) is 27.3. The van der Waals surface area contributed by atoms with Crippen LogP contribution in [0.3, 0.4) is 0 Å². The van der Waals surface area contributed by atoms with Gasteiger partial charge in [0.2, 0.25) is 0 Å². The molecule has 4 aromatic rings. The van der Waals surface area contributed by atoms with Crippen molar-refractivity contribution in [1.29, 1.82) is 0 Å². The molecule has 0 bridgehead atoms. The van der Waals surface area contributed by atoms with Crippen LogP contribution in [0.5, 0.6) is 0 Å². The molecule has 1 heterocycles. The van der Waals surface area contributed by atoms with E-state index in [0.717, 1.165) is 6.42 Å². The number of halogens is 2. The van der Waals surface area contributed by atoms with Crippen LogP contribution in [0.4, 0.5) is 0 Å². The van der Waals surface area contributed by atoms with Gasteiger partial charge in [0.05, 0.1) is 0 Å². The van der Waals surface area contributed by atoms with Crippen LogP contribution in [0.2, 0.25) is 0 Å². The third-order valence-electron chi connectivity index (χ3n) is 7.50. The van der Waals surface area contributed by atoms with Crippen molar-refractivity contribution in [3.8, 4) is 22.3 Å². The first kappa shape index (κ1) is 35.0. The topological polar surface area (TPSA) is 0 Å². The predicted molar refractivity (Wildman–Crippen MR) is 164 cm³/mol. The third-order valence-corrected chi connectivity index (χ3v) is 9.41. The van der Waals surface area contributed by atoms with E-state index >= 15 is 0 Å². The standard InChI is InChI=1S/C21H25.C9H7S.C6H10.2ClH.Zr/c1-20(2,3)16-9-7-14-11-15-8-10-17(21(4,5)6)13-19(15)18(14)12-16;1-2-4-8(3-1)9-5-6-10-7-9;1-2-4-6-5-3-1;;;/h7,9-10,12-13H,11H2,1-6H3;1-7H;1-5H2;2*1H;/q2*-1;;;;+2/p-2. The van der Waals surface area contributed by atoms with E-state index in [9.17, 15) is 0 Å². The Labute approximate surface area is 274 Å². The van der Waals surface area contributed by atoms with Crippen molar-refractivity contribution in [1.82, 2.24) is 0 Å². The number of fused-ring (bicyclic) bond motifs is 3. The molecule has 2 aliphatic rings. The fourth-order valence-corrected chi connectivity index (χ4v) is 6.49. The van der Waals surface area contributed by atoms with Gasteiger partial charge < -0.3 is 24.8 Å². The van der Waals surface area contributed by atoms with Crippen molar-refractivity contribution >= 4 is 14.5 Å². The molecule has 0 unspecified atom stereocenters. The molecule has 0 spiro atoms. The van der Waals surface area contributed by atoms with E-state index in [1.165, 1.54) is 76.6 Å². The van der Waals surface area contributed by atoms with Crippen LogP contribution >= 0.6 is 11.3 Å². The molecule has 0 nitrogen and oxygen atoms in total. The molecule has 0 radical (unpaired) electrons. The molecule has 212 valence electrons. The van der Waals surface area contributed by atoms with Crippen LogP contribution in [-0.4, -0.2) is 3.21 Å². The van der Waals surface area contributed by atoms with Crippen molar-refractivity contribution in [2.45, 2.75) is 90.9 Å². The summed E-state index contributed by atoms with van der Waals surface area (Å²) in [6.07, 6.45) is 8.34. The minimum atomic E-state index is 0. The van der Waals surface area contributed by atoms with Gasteiger partial charge in [-0.25, -0.2) is 11.3 Å². The molecule has 2 aliphatic carbocycles. The van der Waals surface area contributed by atoms with Gasteiger partial charge in [-0.05, 0) is 17.4 Å². The van der Waals surface area contributed by atoms with Crippen LogP contribution in [0.15, 0.2) is 71.4 Å². The summed E-state index contributed by atoms with van der Waals surface area (Å²) in [5, 5.41) is 4.26. The van der Waals surface area contributed by atoms with E-state index in [1.807, 2.05) is 0 Å². The molecule has 0 atom stereocenters. The number of hydrogen-bond acceptors (Lipinski definition) is 1. The summed E-state index contributed by atoms with van der Waals surface area (Å²) in [7, 11) is 0. The summed E-state index contributed by atoms with van der Waals surface area (Å²) in [6.45, 7) is 13.6. The Balaban J connectivity index is 0.000000245. The van der Waals surface area contributed by atoms with Gasteiger partial charge in [0, 0.05) is 0 Å². The van der Waals surface area contributed by atoms with Crippen molar-refractivity contribution in [3.05, 3.63) is 99.7 Å². The maximum Gasteiger partial charge on any atom is -0.0501 e. The van der Waals surface area contributed by atoms with Gasteiger partial charge in [-0.2, -0.15) is 41.5 Å². The second-order valence-corrected chi connectivity index (χ2v) is 15.2. The number of rotatable bonds is 1. The van der Waals surface area contributed by atoms with Gasteiger partial charge >= 0.3 is 59.5 Å². The normalized spacial score (nSPS) is 13.8. The Hall–Kier alpha value is -1.18. The Morgan fingerprint density at radius 3 is 1.95 bits per heavy atom. The molecule has 0 N–H and O–H groups in total. The molecule has 0 aliphatic heterocycles. The summed E-state index contributed by atoms with van der Waals surface area (Å²) in [5.41, 5.74) is 11.4. The second-order valence-electron chi connectivity index (χ2n) is 12.7. The van der Waals surface area contributed by atoms with Gasteiger partial charge in [-0.3, -0.25) is 0 Å². The van der Waals surface area contributed by atoms with E-state index < -0.39 is 0 Å². The molecular formula is C36H42Cl2SZr-2. The van der Waals surface area contributed by atoms with Crippen molar-refractivity contribution in [3.63, 3.8) is 0 Å². The summed E-state index contributed by atoms with van der Waals surface area (Å²) in [6, 6.07) is 25.6. The van der Waals surface area contributed by atoms with Gasteiger partial charge in [0.15, 0.2) is 0 Å². The smallest absolute Gasteiger partial charge is 0.0501 e. The summed E-state index contributed by atoms with van der Waals surface area (Å²) in [5.74, 6) is 0. The fraction of sp³-hybridized carbons (Fsp3) is 0.389. The van der Waals surface area contributed by atoms with E-state index in [4.69, 9.17) is 0 Å². The molecule has 1 fully saturated rings. The molecule has 0 amide bonds. The van der Waals surface area contributed by atoms with Crippen molar-refractivity contribution < 1.29 is 49.0 Å². The number of benzene rings is 2. The predicted octanol–water partition coefficient (Wildman–Crippen LogP) is 4.46. The zero-order valence-corrected chi connectivity index (χ0v) is 29.6. The molecule has 1 aromatic heterocycles. The third kappa shape index (κ3) is 9.42. The second kappa shape index (κ2) is 15.3. The van der Waals surface area contributed by atoms with Gasteiger partial charge in [0.1, 0.15) is 0 Å². The summed E-state index contributed by atoms with van der Waals surface area (Å²) in [4.78, 5) is 0. The van der Waals surface area contributed by atoms with Crippen LogP contribution in [-0.2, 0) is 41.5 Å². The minimum Gasteiger partial charge on any atom is -0.201 e. The van der Waals surface area contributed by atoms with Gasteiger partial charge in [0.25, 0.3) is 0 Å². The van der Waals surface area contributed by atoms with Crippen LogP contribution in [0.25, 0.3) is 22.3 Å². The molecule has 3 aromatic carbocycles. The zero-order valence-electron chi connectivity index (χ0n) is 24.8. The Bertz CT molecular complexity index is 1230. The van der Waals surface area contributed by atoms with Gasteiger partial charge in [-0.1, -0.05) is 92.6 Å². The van der Waals surface area contributed by atoms with Crippen LogP contribution in [0, 0.1) is 6.07 Å². The van der Waals surface area contributed by atoms with E-state index in [1.54, 1.807) is 38.8 Å². The average Bonchev–Trinajstić information content (AvgIpc) is 3.64. The Kier molecular flexibility index (Phi) is 13.4. The quantitative estimate of drug-likeness (QED) is 0.232. The van der Waals surface area contributed by atoms with Crippen molar-refractivity contribution in [2.75, 3.05) is 0 Å². The Morgan fingerprint density at radius 1 is 0.800 bits per heavy atom. The average molecular weight is 669 g/mol. The molecule has 4 heteroatoms. The first-order valence-corrected chi connectivity index (χ1v) is 16.2. The molecular weight excluding hydrogens is 627 g/mol. The Morgan fingerprint density at radius 2 is 1.43 bits per heavy atom. The molecule has 0 saturated heterocycles. The first-order chi connectivity index (χ1) is 18.0. The van der Waals surface area contributed by atoms with E-state index in [2.05, 4.69) is 119 Å². The maximum absolute atomic E-state index is 3.53. The van der Waals surface area contributed by atoms with Crippen molar-refractivity contribution in [2.24, 2.45) is 0 Å². The number of thiophene rings is 1. The minimum absolute atomic E-state index is 0. The molecule has 6 rings (SSSR count). The maximum atomic E-state index is 3.53. The monoisotopic (exact) mass is 666 g/mol. The summed E-state index contributed by atoms with van der Waals surface area (Å²) < 4.78 is 1.80.